The van der Waals surface area contributed by atoms with Crippen molar-refractivity contribution in [3.63, 3.8) is 0 Å². The van der Waals surface area contributed by atoms with Crippen LogP contribution >= 0.6 is 0 Å². The summed E-state index contributed by atoms with van der Waals surface area (Å²) in [6.07, 6.45) is 17.1. The van der Waals surface area contributed by atoms with Gasteiger partial charge in [0.15, 0.2) is 0 Å². The Morgan fingerprint density at radius 3 is 2.79 bits per heavy atom. The van der Waals surface area contributed by atoms with Gasteiger partial charge in [0.1, 0.15) is 0 Å². The van der Waals surface area contributed by atoms with E-state index in [9.17, 15) is 0 Å². The average Bonchev–Trinajstić information content (AvgIpc) is 2.55. The van der Waals surface area contributed by atoms with E-state index in [1.165, 1.54) is 19.3 Å². The minimum atomic E-state index is 0.783. The highest BCUT2D eigenvalue weighted by molar-refractivity contribution is 5.21. The lowest BCUT2D eigenvalue weighted by atomic mass is 9.76. The van der Waals surface area contributed by atoms with E-state index in [4.69, 9.17) is 0 Å². The molecule has 2 saturated carbocycles. The summed E-state index contributed by atoms with van der Waals surface area (Å²) in [6.45, 7) is 2.42. The summed E-state index contributed by atoms with van der Waals surface area (Å²) in [7, 11) is 0. The highest BCUT2D eigenvalue weighted by Crippen LogP contribution is 2.53. The number of hydrogen-bond donors (Lipinski definition) is 0. The zero-order valence-electron chi connectivity index (χ0n) is 8.82. The molecule has 0 heteroatoms. The Labute approximate surface area is 87.1 Å². The fraction of sp³-hybridized carbons (Fsp3) is 0.643. The molecule has 14 heavy (non-hydrogen) atoms. The van der Waals surface area contributed by atoms with Crippen molar-refractivity contribution in [1.82, 2.24) is 0 Å². The van der Waals surface area contributed by atoms with Crippen molar-refractivity contribution in [3.05, 3.63) is 30.7 Å². The van der Waals surface area contributed by atoms with E-state index < -0.39 is 0 Å². The van der Waals surface area contributed by atoms with Gasteiger partial charge in [0.05, 0.1) is 0 Å². The minimum absolute atomic E-state index is 0.783. The Hall–Kier alpha value is -0.520. The fourth-order valence-corrected chi connectivity index (χ4v) is 3.78. The molecule has 2 radical (unpaired) electrons. The van der Waals surface area contributed by atoms with Crippen LogP contribution in [0.3, 0.4) is 0 Å². The van der Waals surface area contributed by atoms with Gasteiger partial charge in [-0.05, 0) is 48.9 Å². The molecule has 2 fully saturated rings. The quantitative estimate of drug-likeness (QED) is 0.543. The molecular formula is C14H18. The van der Waals surface area contributed by atoms with Gasteiger partial charge in [-0.3, -0.25) is 0 Å². The van der Waals surface area contributed by atoms with Crippen LogP contribution in [0.2, 0.25) is 0 Å². The lowest BCUT2D eigenvalue weighted by Crippen LogP contribution is -2.20. The monoisotopic (exact) mass is 186 g/mol. The molecule has 0 aromatic carbocycles. The standard InChI is InChI=1S/C14H18/c1-10-11-6-2-4-8-13(11)14-9-5-3-7-12(10)14/h2,4,6,8,10-14H,3,5,9H2,1H3. The van der Waals surface area contributed by atoms with Crippen molar-refractivity contribution in [2.75, 3.05) is 0 Å². The van der Waals surface area contributed by atoms with Crippen molar-refractivity contribution >= 4 is 0 Å². The summed E-state index contributed by atoms with van der Waals surface area (Å²) >= 11 is 0. The van der Waals surface area contributed by atoms with Crippen LogP contribution in [0, 0.1) is 36.0 Å². The zero-order chi connectivity index (χ0) is 9.54. The predicted molar refractivity (Wildman–Crippen MR) is 58.5 cm³/mol. The smallest absolute Gasteiger partial charge is 0.0133 e. The Kier molecular flexibility index (Phi) is 2.04. The lowest BCUT2D eigenvalue weighted by Gasteiger charge is -2.29. The highest BCUT2D eigenvalue weighted by atomic mass is 14.5. The third-order valence-corrected chi connectivity index (χ3v) is 4.45. The molecule has 74 valence electrons. The molecule has 5 atom stereocenters. The summed E-state index contributed by atoms with van der Waals surface area (Å²) in [5.41, 5.74) is 0. The van der Waals surface area contributed by atoms with Crippen LogP contribution in [0.1, 0.15) is 26.2 Å². The molecule has 0 nitrogen and oxygen atoms in total. The maximum atomic E-state index is 3.72. The molecule has 0 aromatic rings. The second-order valence-electron chi connectivity index (χ2n) is 5.07. The van der Waals surface area contributed by atoms with Gasteiger partial charge in [-0.1, -0.05) is 37.6 Å². The molecule has 3 rings (SSSR count). The van der Waals surface area contributed by atoms with Gasteiger partial charge in [0.25, 0.3) is 0 Å². The normalized spacial score (nSPS) is 50.2. The number of fused-ring (bicyclic) bond motifs is 3. The van der Waals surface area contributed by atoms with Crippen molar-refractivity contribution < 1.29 is 0 Å². The summed E-state index contributed by atoms with van der Waals surface area (Å²) < 4.78 is 0. The first-order valence-electron chi connectivity index (χ1n) is 5.96. The van der Waals surface area contributed by atoms with E-state index in [0.29, 0.717) is 0 Å². The van der Waals surface area contributed by atoms with Crippen LogP contribution in [0.25, 0.3) is 0 Å². The predicted octanol–water partition coefficient (Wildman–Crippen LogP) is 3.49. The molecular weight excluding hydrogens is 168 g/mol. The second kappa shape index (κ2) is 3.25. The van der Waals surface area contributed by atoms with E-state index in [1.54, 1.807) is 0 Å². The van der Waals surface area contributed by atoms with Crippen LogP contribution < -0.4 is 0 Å². The third kappa shape index (κ3) is 1.12. The summed E-state index contributed by atoms with van der Waals surface area (Å²) in [5, 5.41) is 0. The molecule has 3 aliphatic rings. The first-order valence-corrected chi connectivity index (χ1v) is 5.96. The molecule has 0 amide bonds. The van der Waals surface area contributed by atoms with E-state index in [2.05, 4.69) is 37.6 Å². The van der Waals surface area contributed by atoms with Crippen LogP contribution in [-0.2, 0) is 0 Å². The van der Waals surface area contributed by atoms with Gasteiger partial charge in [-0.25, -0.2) is 0 Å². The summed E-state index contributed by atoms with van der Waals surface area (Å²) in [4.78, 5) is 0. The largest absolute Gasteiger partial charge is 0.0806 e. The molecule has 0 aliphatic heterocycles. The Morgan fingerprint density at radius 2 is 1.93 bits per heavy atom. The number of rotatable bonds is 0. The third-order valence-electron chi connectivity index (χ3n) is 4.45. The zero-order valence-corrected chi connectivity index (χ0v) is 8.82. The molecule has 0 saturated heterocycles. The first-order chi connectivity index (χ1) is 6.88. The highest BCUT2D eigenvalue weighted by Gasteiger charge is 2.47. The molecule has 0 aromatic heterocycles. The Balaban J connectivity index is 1.91. The summed E-state index contributed by atoms with van der Waals surface area (Å²) in [6, 6.07) is 0. The number of hydrogen-bond acceptors (Lipinski definition) is 0. The van der Waals surface area contributed by atoms with Crippen molar-refractivity contribution in [2.24, 2.45) is 29.6 Å². The minimum Gasteiger partial charge on any atom is -0.0806 e. The second-order valence-corrected chi connectivity index (χ2v) is 5.07. The molecule has 0 bridgehead atoms. The van der Waals surface area contributed by atoms with Crippen LogP contribution in [0.15, 0.2) is 24.3 Å². The maximum absolute atomic E-state index is 3.72. The molecule has 3 aliphatic carbocycles. The topological polar surface area (TPSA) is 0 Å². The molecule has 0 spiro atoms. The van der Waals surface area contributed by atoms with Gasteiger partial charge in [0, 0.05) is 0 Å². The number of allylic oxidation sites excluding steroid dienone is 4. The van der Waals surface area contributed by atoms with Gasteiger partial charge < -0.3 is 0 Å². The molecule has 0 heterocycles. The Bertz CT molecular complexity index is 274. The van der Waals surface area contributed by atoms with Crippen molar-refractivity contribution in [1.29, 1.82) is 0 Å². The first kappa shape index (κ1) is 8.76. The lowest BCUT2D eigenvalue weighted by molar-refractivity contribution is 0.281. The SMILES string of the molecule is CC1C2[C]CCCC2C2C=CC=CC12. The molecule has 5 unspecified atom stereocenters. The summed E-state index contributed by atoms with van der Waals surface area (Å²) in [5.74, 6) is 4.15. The molecule has 0 N–H and O–H groups in total. The van der Waals surface area contributed by atoms with E-state index >= 15 is 0 Å². The Morgan fingerprint density at radius 1 is 1.14 bits per heavy atom. The van der Waals surface area contributed by atoms with Gasteiger partial charge in [-0.15, -0.1) is 0 Å². The van der Waals surface area contributed by atoms with Gasteiger partial charge >= 0.3 is 0 Å². The maximum Gasteiger partial charge on any atom is -0.0133 e. The van der Waals surface area contributed by atoms with E-state index in [-0.39, 0.29) is 0 Å². The van der Waals surface area contributed by atoms with Crippen LogP contribution in [0.4, 0.5) is 0 Å². The van der Waals surface area contributed by atoms with Crippen molar-refractivity contribution in [2.45, 2.75) is 26.2 Å². The van der Waals surface area contributed by atoms with E-state index in [1.807, 2.05) is 0 Å². The average molecular weight is 186 g/mol. The van der Waals surface area contributed by atoms with Crippen LogP contribution in [-0.4, -0.2) is 0 Å². The van der Waals surface area contributed by atoms with Crippen molar-refractivity contribution in [3.8, 4) is 0 Å². The van der Waals surface area contributed by atoms with Gasteiger partial charge in [0.2, 0.25) is 0 Å². The van der Waals surface area contributed by atoms with Gasteiger partial charge in [-0.2, -0.15) is 0 Å². The fourth-order valence-electron chi connectivity index (χ4n) is 3.78. The van der Waals surface area contributed by atoms with E-state index in [0.717, 1.165) is 29.6 Å². The van der Waals surface area contributed by atoms with Crippen LogP contribution in [0.5, 0.6) is 0 Å².